The average molecular weight is 347 g/mol. The number of carbonyl (C=O) groups is 1. The molecule has 3 aromatic rings. The van der Waals surface area contributed by atoms with Gasteiger partial charge in [0.05, 0.1) is 23.7 Å². The minimum Gasteiger partial charge on any atom is -0.481 e. The quantitative estimate of drug-likeness (QED) is 0.789. The van der Waals surface area contributed by atoms with E-state index in [0.717, 1.165) is 34.1 Å². The van der Waals surface area contributed by atoms with Crippen LogP contribution >= 0.6 is 0 Å². The van der Waals surface area contributed by atoms with E-state index in [9.17, 15) is 4.79 Å². The molecule has 1 amide bonds. The summed E-state index contributed by atoms with van der Waals surface area (Å²) in [6.45, 7) is 4.69. The van der Waals surface area contributed by atoms with Gasteiger partial charge in [-0.2, -0.15) is 0 Å². The highest BCUT2D eigenvalue weighted by atomic mass is 16.5. The molecule has 132 valence electrons. The maximum Gasteiger partial charge on any atom is 0.230 e. The third kappa shape index (κ3) is 2.51. The van der Waals surface area contributed by atoms with E-state index in [4.69, 9.17) is 4.74 Å². The van der Waals surface area contributed by atoms with Gasteiger partial charge in [-0.15, -0.1) is 0 Å². The van der Waals surface area contributed by atoms with Gasteiger partial charge in [-0.1, -0.05) is 18.2 Å². The molecule has 1 aliphatic heterocycles. The zero-order chi connectivity index (χ0) is 18.3. The largest absolute Gasteiger partial charge is 0.481 e. The molecule has 1 aliphatic rings. The predicted octanol–water partition coefficient (Wildman–Crippen LogP) is 3.39. The molecule has 0 saturated carbocycles. The summed E-state index contributed by atoms with van der Waals surface area (Å²) >= 11 is 0. The molecule has 5 heteroatoms. The number of ether oxygens (including phenoxy) is 1. The second-order valence-electron chi connectivity index (χ2n) is 6.96. The summed E-state index contributed by atoms with van der Waals surface area (Å²) in [6.07, 6.45) is 2.56. The number of amides is 1. The minimum absolute atomic E-state index is 0.0216. The number of nitrogens with zero attached hydrogens (tertiary/aromatic N) is 2. The lowest BCUT2D eigenvalue weighted by Crippen LogP contribution is -2.32. The van der Waals surface area contributed by atoms with E-state index in [2.05, 4.69) is 34.3 Å². The number of hydrogen-bond acceptors (Lipinski definition) is 4. The highest BCUT2D eigenvalue weighted by molar-refractivity contribution is 5.90. The van der Waals surface area contributed by atoms with Gasteiger partial charge in [0.1, 0.15) is 0 Å². The molecule has 4 rings (SSSR count). The maximum absolute atomic E-state index is 12.3. The van der Waals surface area contributed by atoms with Gasteiger partial charge in [0.15, 0.2) is 0 Å². The zero-order valence-corrected chi connectivity index (χ0v) is 15.2. The Morgan fingerprint density at radius 1 is 1.23 bits per heavy atom. The Bertz CT molecular complexity index is 1020. The van der Waals surface area contributed by atoms with Crippen LogP contribution in [0.25, 0.3) is 22.2 Å². The van der Waals surface area contributed by atoms with Crippen molar-refractivity contribution in [3.05, 3.63) is 53.7 Å². The van der Waals surface area contributed by atoms with Gasteiger partial charge >= 0.3 is 0 Å². The Kier molecular flexibility index (Phi) is 3.87. The molecule has 1 aromatic carbocycles. The zero-order valence-electron chi connectivity index (χ0n) is 15.2. The Labute approximate surface area is 152 Å². The van der Waals surface area contributed by atoms with Crippen molar-refractivity contribution in [2.75, 3.05) is 13.7 Å². The van der Waals surface area contributed by atoms with Crippen LogP contribution in [-0.4, -0.2) is 29.5 Å². The Morgan fingerprint density at radius 2 is 2.08 bits per heavy atom. The van der Waals surface area contributed by atoms with E-state index in [0.29, 0.717) is 12.4 Å². The van der Waals surface area contributed by atoms with Gasteiger partial charge in [0, 0.05) is 29.3 Å². The monoisotopic (exact) mass is 347 g/mol. The van der Waals surface area contributed by atoms with Gasteiger partial charge in [-0.3, -0.25) is 9.78 Å². The molecule has 0 bridgehead atoms. The number of pyridine rings is 2. The Balaban J connectivity index is 1.81. The molecule has 1 atom stereocenters. The first-order chi connectivity index (χ1) is 12.5. The van der Waals surface area contributed by atoms with Crippen molar-refractivity contribution >= 4 is 16.8 Å². The molecule has 1 N–H and O–H groups in total. The maximum atomic E-state index is 12.3. The van der Waals surface area contributed by atoms with E-state index in [1.165, 1.54) is 5.56 Å². The summed E-state index contributed by atoms with van der Waals surface area (Å²) in [5, 5.41) is 4.01. The van der Waals surface area contributed by atoms with Crippen LogP contribution in [0, 0.1) is 6.92 Å². The van der Waals surface area contributed by atoms with Crippen LogP contribution in [0.3, 0.4) is 0 Å². The van der Waals surface area contributed by atoms with E-state index < -0.39 is 5.41 Å². The van der Waals surface area contributed by atoms with Crippen molar-refractivity contribution in [3.8, 4) is 17.1 Å². The summed E-state index contributed by atoms with van der Waals surface area (Å²) in [5.74, 6) is 0.514. The van der Waals surface area contributed by atoms with E-state index in [-0.39, 0.29) is 5.91 Å². The summed E-state index contributed by atoms with van der Waals surface area (Å²) in [5.41, 5.74) is 4.07. The van der Waals surface area contributed by atoms with Crippen molar-refractivity contribution in [2.45, 2.75) is 25.7 Å². The van der Waals surface area contributed by atoms with Gasteiger partial charge < -0.3 is 10.1 Å². The van der Waals surface area contributed by atoms with Crippen molar-refractivity contribution in [2.24, 2.45) is 0 Å². The van der Waals surface area contributed by atoms with Crippen LogP contribution in [0.15, 0.2) is 42.6 Å². The molecule has 3 heterocycles. The molecular formula is C21H21N3O2. The molecule has 0 radical (unpaired) electrons. The number of benzene rings is 1. The van der Waals surface area contributed by atoms with E-state index in [1.54, 1.807) is 7.11 Å². The summed E-state index contributed by atoms with van der Waals surface area (Å²) in [6, 6.07) is 12.1. The minimum atomic E-state index is -0.602. The fourth-order valence-corrected chi connectivity index (χ4v) is 3.61. The molecular weight excluding hydrogens is 326 g/mol. The lowest BCUT2D eigenvalue weighted by Gasteiger charge is -2.23. The lowest BCUT2D eigenvalue weighted by atomic mass is 9.81. The first kappa shape index (κ1) is 16.5. The van der Waals surface area contributed by atoms with Crippen LogP contribution in [-0.2, 0) is 10.2 Å². The van der Waals surface area contributed by atoms with Crippen molar-refractivity contribution in [1.29, 1.82) is 0 Å². The first-order valence-electron chi connectivity index (χ1n) is 8.72. The van der Waals surface area contributed by atoms with Crippen LogP contribution in [0.2, 0.25) is 0 Å². The molecule has 26 heavy (non-hydrogen) atoms. The van der Waals surface area contributed by atoms with Crippen molar-refractivity contribution < 1.29 is 9.53 Å². The number of rotatable bonds is 3. The molecule has 5 nitrogen and oxygen atoms in total. The van der Waals surface area contributed by atoms with Gasteiger partial charge in [0.25, 0.3) is 0 Å². The smallest absolute Gasteiger partial charge is 0.230 e. The summed E-state index contributed by atoms with van der Waals surface area (Å²) < 4.78 is 5.53. The first-order valence-corrected chi connectivity index (χ1v) is 8.72. The third-order valence-corrected chi connectivity index (χ3v) is 5.30. The van der Waals surface area contributed by atoms with Crippen molar-refractivity contribution in [1.82, 2.24) is 15.3 Å². The number of aromatic nitrogens is 2. The number of nitrogens with one attached hydrogen (secondary N) is 1. The normalized spacial score (nSPS) is 19.6. The number of aryl methyl sites for hydroxylation is 1. The molecule has 0 aliphatic carbocycles. The fourth-order valence-electron chi connectivity index (χ4n) is 3.61. The van der Waals surface area contributed by atoms with Crippen LogP contribution in [0.4, 0.5) is 0 Å². The highest BCUT2D eigenvalue weighted by Gasteiger charge is 2.41. The van der Waals surface area contributed by atoms with Crippen molar-refractivity contribution in [3.63, 3.8) is 0 Å². The average Bonchev–Trinajstić information content (AvgIpc) is 3.01. The molecule has 1 fully saturated rings. The Hall–Kier alpha value is -2.95. The second kappa shape index (κ2) is 6.09. The van der Waals surface area contributed by atoms with E-state index in [1.807, 2.05) is 37.4 Å². The topological polar surface area (TPSA) is 64.1 Å². The number of carbonyl (C=O) groups excluding carboxylic acids is 1. The van der Waals surface area contributed by atoms with Crippen LogP contribution < -0.4 is 10.1 Å². The Morgan fingerprint density at radius 3 is 2.81 bits per heavy atom. The lowest BCUT2D eigenvalue weighted by molar-refractivity contribution is -0.123. The summed E-state index contributed by atoms with van der Waals surface area (Å²) in [7, 11) is 1.59. The van der Waals surface area contributed by atoms with Gasteiger partial charge in [-0.05, 0) is 44.0 Å². The molecule has 1 unspecified atom stereocenters. The van der Waals surface area contributed by atoms with Gasteiger partial charge in [-0.25, -0.2) is 4.98 Å². The highest BCUT2D eigenvalue weighted by Crippen LogP contribution is 2.37. The second-order valence-corrected chi connectivity index (χ2v) is 6.96. The molecule has 0 spiro atoms. The molecule has 1 saturated heterocycles. The van der Waals surface area contributed by atoms with Crippen LogP contribution in [0.5, 0.6) is 5.88 Å². The van der Waals surface area contributed by atoms with E-state index >= 15 is 0 Å². The SMILES string of the molecule is COc1nc(-c2cnc3cccc(C)c3c2)ccc1C1(C)CCNC1=O. The fraction of sp³-hybridized carbons (Fsp3) is 0.286. The van der Waals surface area contributed by atoms with Crippen LogP contribution in [0.1, 0.15) is 24.5 Å². The summed E-state index contributed by atoms with van der Waals surface area (Å²) in [4.78, 5) is 21.5. The standard InChI is InChI=1S/C21H21N3O2/c1-13-5-4-6-18-15(13)11-14(12-23-18)17-8-7-16(19(24-17)26-3)21(2)9-10-22-20(21)25/h4-8,11-12H,9-10H2,1-3H3,(H,22,25). The predicted molar refractivity (Wildman–Crippen MR) is 101 cm³/mol. The number of hydrogen-bond donors (Lipinski definition) is 1. The third-order valence-electron chi connectivity index (χ3n) is 5.30. The van der Waals surface area contributed by atoms with Gasteiger partial charge in [0.2, 0.25) is 11.8 Å². The number of fused-ring (bicyclic) bond motifs is 1. The number of methoxy groups -OCH3 is 1. The molecule has 2 aromatic heterocycles.